The zero-order chi connectivity index (χ0) is 41.4. The van der Waals surface area contributed by atoms with Crippen LogP contribution in [0.15, 0.2) is 164 Å². The molecule has 0 bridgehead atoms. The lowest BCUT2D eigenvalue weighted by Crippen LogP contribution is -2.65. The van der Waals surface area contributed by atoms with Crippen LogP contribution in [0.25, 0.3) is 0 Å². The Bertz CT molecular complexity index is 1940. The number of hydrogen-bond acceptors (Lipinski definition) is 10. The molecule has 2 heterocycles. The van der Waals surface area contributed by atoms with E-state index in [0.29, 0.717) is 13.2 Å². The van der Waals surface area contributed by atoms with E-state index in [4.69, 9.17) is 42.6 Å². The fourth-order valence-electron chi connectivity index (χ4n) is 7.45. The van der Waals surface area contributed by atoms with Crippen molar-refractivity contribution in [3.8, 4) is 0 Å². The first-order valence-electron chi connectivity index (χ1n) is 20.7. The van der Waals surface area contributed by atoms with Gasteiger partial charge in [-0.3, -0.25) is 0 Å². The van der Waals surface area contributed by atoms with E-state index < -0.39 is 61.4 Å². The molecule has 1 N–H and O–H groups in total. The van der Waals surface area contributed by atoms with Crippen molar-refractivity contribution in [2.75, 3.05) is 13.2 Å². The van der Waals surface area contributed by atoms with Gasteiger partial charge in [-0.1, -0.05) is 158 Å². The molecular formula is C50H56O10. The summed E-state index contributed by atoms with van der Waals surface area (Å²) < 4.78 is 59.4. The van der Waals surface area contributed by atoms with E-state index in [1.54, 1.807) is 6.08 Å². The molecule has 0 radical (unpaired) electrons. The fourth-order valence-corrected chi connectivity index (χ4v) is 7.45. The summed E-state index contributed by atoms with van der Waals surface area (Å²) in [6.07, 6.45) is -6.85. The van der Waals surface area contributed by atoms with Gasteiger partial charge in [-0.15, -0.1) is 6.58 Å². The Hall–Kier alpha value is -4.56. The molecule has 2 aliphatic heterocycles. The third kappa shape index (κ3) is 12.3. The zero-order valence-electron chi connectivity index (χ0n) is 34.1. The molecule has 0 aliphatic carbocycles. The number of benzene rings is 5. The van der Waals surface area contributed by atoms with Gasteiger partial charge in [0.1, 0.15) is 42.7 Å². The Morgan fingerprint density at radius 1 is 0.483 bits per heavy atom. The number of aliphatic hydroxyl groups is 1. The van der Waals surface area contributed by atoms with Crippen molar-refractivity contribution in [2.24, 2.45) is 0 Å². The molecule has 0 saturated carbocycles. The van der Waals surface area contributed by atoms with E-state index in [-0.39, 0.29) is 33.0 Å². The van der Waals surface area contributed by atoms with Crippen LogP contribution >= 0.6 is 0 Å². The average Bonchev–Trinajstić information content (AvgIpc) is 3.29. The van der Waals surface area contributed by atoms with Gasteiger partial charge in [0.2, 0.25) is 0 Å². The number of hydrogen-bond donors (Lipinski definition) is 1. The first-order chi connectivity index (χ1) is 29.6. The quantitative estimate of drug-likeness (QED) is 0.0735. The van der Waals surface area contributed by atoms with Gasteiger partial charge in [-0.05, 0) is 34.7 Å². The van der Waals surface area contributed by atoms with E-state index in [0.717, 1.165) is 27.8 Å². The Balaban J connectivity index is 1.19. The second kappa shape index (κ2) is 22.9. The molecule has 0 spiro atoms. The molecule has 0 aromatic heterocycles. The van der Waals surface area contributed by atoms with Crippen molar-refractivity contribution in [1.82, 2.24) is 0 Å². The van der Waals surface area contributed by atoms with Crippen molar-refractivity contribution in [2.45, 2.75) is 101 Å². The summed E-state index contributed by atoms with van der Waals surface area (Å²) in [6, 6.07) is 49.4. The second-order valence-corrected chi connectivity index (χ2v) is 15.0. The topological polar surface area (TPSA) is 103 Å². The molecule has 7 rings (SSSR count). The van der Waals surface area contributed by atoms with Gasteiger partial charge in [0.25, 0.3) is 0 Å². The molecule has 60 heavy (non-hydrogen) atoms. The van der Waals surface area contributed by atoms with E-state index in [9.17, 15) is 5.11 Å². The van der Waals surface area contributed by atoms with Crippen molar-refractivity contribution in [3.63, 3.8) is 0 Å². The monoisotopic (exact) mass is 816 g/mol. The van der Waals surface area contributed by atoms with Crippen molar-refractivity contribution < 1.29 is 47.7 Å². The Labute approximate surface area is 353 Å². The highest BCUT2D eigenvalue weighted by Crippen LogP contribution is 2.35. The SMILES string of the molecule is C=CCO[C@@H]1O[C@H](COCc2ccccc2)[C@H](O[C@@H]2O[C@@H](C)[C@H](OCc3ccccc3)[C@@H](OCc3ccccc3)[C@H]2O)[C@H](OCc2ccccc2)[C@H]1OCc1ccccc1. The predicted octanol–water partition coefficient (Wildman–Crippen LogP) is 7.96. The molecule has 10 heteroatoms. The van der Waals surface area contributed by atoms with Crippen molar-refractivity contribution >= 4 is 0 Å². The van der Waals surface area contributed by atoms with E-state index in [2.05, 4.69) is 6.58 Å². The molecule has 0 unspecified atom stereocenters. The molecule has 10 nitrogen and oxygen atoms in total. The molecule has 5 aromatic carbocycles. The number of aliphatic hydroxyl groups excluding tert-OH is 1. The standard InChI is InChI=1S/C50H56O10/c1-3-29-53-50-48(57-34-41-27-17-8-18-28-41)47(56-33-40-25-15-7-16-26-40)45(42(59-50)35-52-30-37-19-9-4-10-20-37)60-49-43(51)46(55-32-39-23-13-6-14-24-39)44(36(2)58-49)54-31-38-21-11-5-12-22-38/h3-28,36,42-51H,1,29-35H2,2H3/t36-,42+,43+,44-,45-,46-,47-,48+,49-,50+/m0/s1. The fraction of sp³-hybridized carbons (Fsp3) is 0.360. The van der Waals surface area contributed by atoms with Crippen molar-refractivity contribution in [3.05, 3.63) is 192 Å². The van der Waals surface area contributed by atoms with E-state index >= 15 is 0 Å². The smallest absolute Gasteiger partial charge is 0.187 e. The largest absolute Gasteiger partial charge is 0.385 e. The third-order valence-electron chi connectivity index (χ3n) is 10.5. The zero-order valence-corrected chi connectivity index (χ0v) is 34.1. The minimum atomic E-state index is -1.27. The second-order valence-electron chi connectivity index (χ2n) is 15.0. The molecule has 316 valence electrons. The minimum Gasteiger partial charge on any atom is -0.385 e. The van der Waals surface area contributed by atoms with Crippen LogP contribution in [0, 0.1) is 0 Å². The van der Waals surface area contributed by atoms with Crippen LogP contribution in [-0.4, -0.2) is 79.7 Å². The van der Waals surface area contributed by atoms with Gasteiger partial charge in [-0.25, -0.2) is 0 Å². The van der Waals surface area contributed by atoms with Gasteiger partial charge in [0.05, 0.1) is 52.4 Å². The first kappa shape index (κ1) is 43.5. The van der Waals surface area contributed by atoms with Crippen LogP contribution in [0.2, 0.25) is 0 Å². The summed E-state index contributed by atoms with van der Waals surface area (Å²) in [5.74, 6) is 0. The van der Waals surface area contributed by atoms with Gasteiger partial charge in [0, 0.05) is 0 Å². The predicted molar refractivity (Wildman–Crippen MR) is 226 cm³/mol. The highest BCUT2D eigenvalue weighted by atomic mass is 16.8. The van der Waals surface area contributed by atoms with Crippen LogP contribution in [0.4, 0.5) is 0 Å². The van der Waals surface area contributed by atoms with Crippen LogP contribution < -0.4 is 0 Å². The maximum Gasteiger partial charge on any atom is 0.187 e. The molecule has 2 saturated heterocycles. The normalized spacial score (nSPS) is 26.7. The summed E-state index contributed by atoms with van der Waals surface area (Å²) in [7, 11) is 0. The third-order valence-corrected chi connectivity index (χ3v) is 10.5. The van der Waals surface area contributed by atoms with Crippen LogP contribution in [-0.2, 0) is 75.7 Å². The van der Waals surface area contributed by atoms with Gasteiger partial charge >= 0.3 is 0 Å². The number of rotatable bonds is 21. The Kier molecular flexibility index (Phi) is 16.6. The summed E-state index contributed by atoms with van der Waals surface area (Å²) in [6.45, 7) is 7.49. The van der Waals surface area contributed by atoms with Crippen LogP contribution in [0.5, 0.6) is 0 Å². The lowest BCUT2D eigenvalue weighted by molar-refractivity contribution is -0.370. The molecular weight excluding hydrogens is 761 g/mol. The summed E-state index contributed by atoms with van der Waals surface area (Å²) in [5, 5.41) is 12.3. The summed E-state index contributed by atoms with van der Waals surface area (Å²) in [4.78, 5) is 0. The molecule has 0 amide bonds. The van der Waals surface area contributed by atoms with Crippen LogP contribution in [0.3, 0.4) is 0 Å². The van der Waals surface area contributed by atoms with Gasteiger partial charge in [-0.2, -0.15) is 0 Å². The minimum absolute atomic E-state index is 0.110. The van der Waals surface area contributed by atoms with Gasteiger partial charge < -0.3 is 47.7 Å². The highest BCUT2D eigenvalue weighted by Gasteiger charge is 2.53. The lowest BCUT2D eigenvalue weighted by atomic mass is 9.96. The molecule has 2 aliphatic rings. The van der Waals surface area contributed by atoms with Crippen LogP contribution in [0.1, 0.15) is 34.7 Å². The van der Waals surface area contributed by atoms with E-state index in [1.807, 2.05) is 159 Å². The maximum atomic E-state index is 12.3. The summed E-state index contributed by atoms with van der Waals surface area (Å²) in [5.41, 5.74) is 4.88. The average molecular weight is 817 g/mol. The first-order valence-corrected chi connectivity index (χ1v) is 20.7. The molecule has 2 fully saturated rings. The molecule has 5 aromatic rings. The molecule has 10 atom stereocenters. The van der Waals surface area contributed by atoms with Gasteiger partial charge in [0.15, 0.2) is 12.6 Å². The van der Waals surface area contributed by atoms with E-state index in [1.165, 1.54) is 0 Å². The highest BCUT2D eigenvalue weighted by molar-refractivity contribution is 5.17. The maximum absolute atomic E-state index is 12.3. The lowest BCUT2D eigenvalue weighted by Gasteiger charge is -2.49. The Morgan fingerprint density at radius 2 is 0.900 bits per heavy atom. The Morgan fingerprint density at radius 3 is 1.37 bits per heavy atom. The number of ether oxygens (including phenoxy) is 9. The van der Waals surface area contributed by atoms with Crippen molar-refractivity contribution in [1.29, 1.82) is 0 Å². The summed E-state index contributed by atoms with van der Waals surface area (Å²) >= 11 is 0.